The van der Waals surface area contributed by atoms with E-state index in [1.165, 1.54) is 22.0 Å². The van der Waals surface area contributed by atoms with Gasteiger partial charge in [-0.25, -0.2) is 0 Å². The second kappa shape index (κ2) is 2.57. The van der Waals surface area contributed by atoms with Crippen LogP contribution in [-0.2, 0) is 0 Å². The van der Waals surface area contributed by atoms with Gasteiger partial charge in [-0.05, 0) is 6.92 Å². The molecule has 0 N–H and O–H groups in total. The van der Waals surface area contributed by atoms with E-state index >= 15 is 0 Å². The van der Waals surface area contributed by atoms with E-state index in [9.17, 15) is 0 Å². The summed E-state index contributed by atoms with van der Waals surface area (Å²) in [5.74, 6) is 0. The van der Waals surface area contributed by atoms with Gasteiger partial charge in [0.05, 0.1) is 0 Å². The number of hydrogen-bond acceptors (Lipinski definition) is 0. The average molecular weight is 128 g/mol. The van der Waals surface area contributed by atoms with Gasteiger partial charge in [0, 0.05) is 0 Å². The van der Waals surface area contributed by atoms with Crippen molar-refractivity contribution in [1.82, 2.24) is 0 Å². The topological polar surface area (TPSA) is 0 Å². The van der Waals surface area contributed by atoms with Crippen LogP contribution in [0.5, 0.6) is 0 Å². The van der Waals surface area contributed by atoms with Crippen LogP contribution in [0.15, 0.2) is 12.1 Å². The number of benzene rings is 1. The molecule has 0 nitrogen and oxygen atoms in total. The van der Waals surface area contributed by atoms with Crippen molar-refractivity contribution in [3.8, 4) is 0 Å². The molecule has 0 atom stereocenters. The van der Waals surface area contributed by atoms with Crippen LogP contribution >= 0.6 is 0 Å². The SMILES string of the molecule is Bc1cc(B)c(C)c(B)c1. The molecule has 0 radical (unpaired) electrons. The van der Waals surface area contributed by atoms with Crippen LogP contribution in [0.2, 0.25) is 0 Å². The van der Waals surface area contributed by atoms with E-state index in [1.807, 2.05) is 0 Å². The molecule has 0 aliphatic carbocycles. The van der Waals surface area contributed by atoms with Crippen molar-refractivity contribution in [3.63, 3.8) is 0 Å². The molecule has 10 heavy (non-hydrogen) atoms. The van der Waals surface area contributed by atoms with Crippen LogP contribution < -0.4 is 16.4 Å². The summed E-state index contributed by atoms with van der Waals surface area (Å²) in [5.41, 5.74) is 5.58. The highest BCUT2D eigenvalue weighted by Crippen LogP contribution is 1.82. The predicted octanol–water partition coefficient (Wildman–Crippen LogP) is -3.23. The fourth-order valence-electron chi connectivity index (χ4n) is 1.25. The molecule has 0 amide bonds. The summed E-state index contributed by atoms with van der Waals surface area (Å²) in [6.45, 7) is 2.17. The van der Waals surface area contributed by atoms with Gasteiger partial charge in [0.25, 0.3) is 0 Å². The Balaban J connectivity index is 3.31. The smallest absolute Gasteiger partial charge is 0.0901 e. The quantitative estimate of drug-likeness (QED) is 0.322. The Morgan fingerprint density at radius 2 is 1.40 bits per heavy atom. The van der Waals surface area contributed by atoms with E-state index in [-0.39, 0.29) is 0 Å². The average Bonchev–Trinajstić information content (AvgIpc) is 1.82. The van der Waals surface area contributed by atoms with Crippen LogP contribution in [0.1, 0.15) is 5.56 Å². The van der Waals surface area contributed by atoms with Crippen molar-refractivity contribution in [2.24, 2.45) is 0 Å². The molecule has 48 valence electrons. The fourth-order valence-corrected chi connectivity index (χ4v) is 1.25. The zero-order valence-electron chi connectivity index (χ0n) is 7.15. The van der Waals surface area contributed by atoms with Crippen molar-refractivity contribution in [1.29, 1.82) is 0 Å². The highest BCUT2D eigenvalue weighted by Gasteiger charge is 1.95. The minimum absolute atomic E-state index is 1.36. The lowest BCUT2D eigenvalue weighted by atomic mass is 9.77. The monoisotopic (exact) mass is 128 g/mol. The summed E-state index contributed by atoms with van der Waals surface area (Å²) in [4.78, 5) is 0. The van der Waals surface area contributed by atoms with Gasteiger partial charge in [-0.3, -0.25) is 0 Å². The zero-order chi connectivity index (χ0) is 7.72. The van der Waals surface area contributed by atoms with Gasteiger partial charge in [-0.1, -0.05) is 34.1 Å². The first-order valence-electron chi connectivity index (χ1n) is 3.65. The van der Waals surface area contributed by atoms with Crippen molar-refractivity contribution in [3.05, 3.63) is 17.7 Å². The lowest BCUT2D eigenvalue weighted by molar-refractivity contribution is 1.58. The van der Waals surface area contributed by atoms with Crippen molar-refractivity contribution >= 4 is 39.9 Å². The predicted molar refractivity (Wildman–Crippen MR) is 55.7 cm³/mol. The minimum Gasteiger partial charge on any atom is -0.0901 e. The normalized spacial score (nSPS) is 9.70. The summed E-state index contributed by atoms with van der Waals surface area (Å²) >= 11 is 0. The number of rotatable bonds is 0. The second-order valence-corrected chi connectivity index (χ2v) is 3.02. The third-order valence-electron chi connectivity index (χ3n) is 2.07. The maximum absolute atomic E-state index is 2.22. The van der Waals surface area contributed by atoms with Crippen LogP contribution in [0.4, 0.5) is 0 Å². The Bertz CT molecular complexity index is 232. The maximum Gasteiger partial charge on any atom is 0.139 e. The van der Waals surface area contributed by atoms with Gasteiger partial charge in [0.15, 0.2) is 0 Å². The Hall–Kier alpha value is -0.585. The summed E-state index contributed by atoms with van der Waals surface area (Å²) in [6, 6.07) is 4.45. The standard InChI is InChI=1S/C7H11B3/c1-4-6(9)2-5(8)3-7(4)10/h2-3H,8-10H2,1H3. The van der Waals surface area contributed by atoms with Gasteiger partial charge in [-0.15, -0.1) is 0 Å². The molecule has 0 heterocycles. The second-order valence-electron chi connectivity index (χ2n) is 3.02. The molecule has 3 heteroatoms. The molecule has 0 aliphatic heterocycles. The van der Waals surface area contributed by atoms with E-state index in [0.29, 0.717) is 0 Å². The Labute approximate surface area is 65.3 Å². The molecule has 0 aromatic heterocycles. The van der Waals surface area contributed by atoms with Gasteiger partial charge in [-0.2, -0.15) is 0 Å². The van der Waals surface area contributed by atoms with Gasteiger partial charge >= 0.3 is 0 Å². The lowest BCUT2D eigenvalue weighted by Gasteiger charge is -2.05. The highest BCUT2D eigenvalue weighted by molar-refractivity contribution is 6.44. The van der Waals surface area contributed by atoms with Gasteiger partial charge < -0.3 is 0 Å². The molecule has 1 aromatic rings. The van der Waals surface area contributed by atoms with Crippen LogP contribution in [0, 0.1) is 6.92 Å². The maximum atomic E-state index is 2.22. The van der Waals surface area contributed by atoms with Crippen molar-refractivity contribution < 1.29 is 0 Å². The summed E-state index contributed by atoms with van der Waals surface area (Å²) in [7, 11) is 6.46. The fraction of sp³-hybridized carbons (Fsp3) is 0.143. The minimum atomic E-state index is 1.36. The third kappa shape index (κ3) is 1.28. The van der Waals surface area contributed by atoms with Crippen LogP contribution in [0.25, 0.3) is 0 Å². The summed E-state index contributed by atoms with van der Waals surface area (Å²) < 4.78 is 0. The summed E-state index contributed by atoms with van der Waals surface area (Å²) in [6.07, 6.45) is 0. The van der Waals surface area contributed by atoms with E-state index in [1.54, 1.807) is 0 Å². The van der Waals surface area contributed by atoms with Crippen molar-refractivity contribution in [2.45, 2.75) is 6.92 Å². The van der Waals surface area contributed by atoms with Gasteiger partial charge in [0.1, 0.15) is 23.5 Å². The molecular weight excluding hydrogens is 117 g/mol. The third-order valence-corrected chi connectivity index (χ3v) is 2.07. The molecule has 0 saturated heterocycles. The molecule has 0 saturated carbocycles. The first kappa shape index (κ1) is 7.52. The largest absolute Gasteiger partial charge is 0.139 e. The van der Waals surface area contributed by atoms with E-state index in [2.05, 4.69) is 42.6 Å². The molecule has 1 aromatic carbocycles. The van der Waals surface area contributed by atoms with E-state index < -0.39 is 0 Å². The lowest BCUT2D eigenvalue weighted by Crippen LogP contribution is -2.26. The van der Waals surface area contributed by atoms with Gasteiger partial charge in [0.2, 0.25) is 0 Å². The Morgan fingerprint density at radius 3 is 1.80 bits per heavy atom. The molecule has 0 bridgehead atoms. The van der Waals surface area contributed by atoms with Crippen LogP contribution in [0.3, 0.4) is 0 Å². The highest BCUT2D eigenvalue weighted by atomic mass is 13.9. The molecule has 0 aliphatic rings. The zero-order valence-corrected chi connectivity index (χ0v) is 7.15. The molecule has 0 fully saturated rings. The number of hydrogen-bond donors (Lipinski definition) is 0. The molecule has 0 spiro atoms. The Morgan fingerprint density at radius 1 is 1.00 bits per heavy atom. The molecular formula is C7H11B3. The first-order valence-corrected chi connectivity index (χ1v) is 3.65. The van der Waals surface area contributed by atoms with Crippen molar-refractivity contribution in [2.75, 3.05) is 0 Å². The van der Waals surface area contributed by atoms with Crippen LogP contribution in [-0.4, -0.2) is 23.5 Å². The Kier molecular flexibility index (Phi) is 1.93. The van der Waals surface area contributed by atoms with E-state index in [4.69, 9.17) is 0 Å². The van der Waals surface area contributed by atoms with E-state index in [0.717, 1.165) is 0 Å². The summed E-state index contributed by atoms with van der Waals surface area (Å²) in [5, 5.41) is 0. The molecule has 0 unspecified atom stereocenters. The first-order chi connectivity index (χ1) is 4.61. The molecule has 1 rings (SSSR count).